The molecule has 172 valence electrons. The molecule has 2 amide bonds. The minimum Gasteiger partial charge on any atom is -0.369 e. The maximum Gasteiger partial charge on any atom is 0.261 e. The second-order valence-corrected chi connectivity index (χ2v) is 8.70. The van der Waals surface area contributed by atoms with E-state index >= 15 is 0 Å². The molecule has 0 aliphatic carbocycles. The zero-order valence-electron chi connectivity index (χ0n) is 19.0. The minimum atomic E-state index is -1.13. The highest BCUT2D eigenvalue weighted by Crippen LogP contribution is 2.45. The molecule has 3 heterocycles. The van der Waals surface area contributed by atoms with Crippen LogP contribution in [0.5, 0.6) is 0 Å². The Labute approximate surface area is 198 Å². The fourth-order valence-electron chi connectivity index (χ4n) is 4.98. The third kappa shape index (κ3) is 3.61. The Balaban J connectivity index is 1.47. The van der Waals surface area contributed by atoms with Crippen molar-refractivity contribution in [1.29, 1.82) is 0 Å². The van der Waals surface area contributed by atoms with Crippen LogP contribution in [0.1, 0.15) is 28.8 Å². The molecule has 2 aliphatic rings. The number of likely N-dealkylation sites (tertiary alicyclic amines) is 1. The van der Waals surface area contributed by atoms with Gasteiger partial charge in [0.1, 0.15) is 0 Å². The lowest BCUT2D eigenvalue weighted by molar-refractivity contribution is -0.133. The maximum absolute atomic E-state index is 13.6. The summed E-state index contributed by atoms with van der Waals surface area (Å²) < 4.78 is 0. The van der Waals surface area contributed by atoms with Crippen molar-refractivity contribution in [2.45, 2.75) is 18.4 Å². The van der Waals surface area contributed by atoms with Crippen LogP contribution in [0.4, 0.5) is 0 Å². The predicted octanol–water partition coefficient (Wildman–Crippen LogP) is 2.68. The number of guanidine groups is 1. The van der Waals surface area contributed by atoms with E-state index in [2.05, 4.69) is 9.97 Å². The third-order valence-corrected chi connectivity index (χ3v) is 6.82. The van der Waals surface area contributed by atoms with Crippen molar-refractivity contribution in [2.75, 3.05) is 20.1 Å². The van der Waals surface area contributed by atoms with Gasteiger partial charge in [-0.05, 0) is 36.6 Å². The topological polar surface area (TPSA) is 105 Å². The molecule has 1 unspecified atom stereocenters. The van der Waals surface area contributed by atoms with Crippen LogP contribution in [0.2, 0.25) is 0 Å². The van der Waals surface area contributed by atoms with Crippen LogP contribution in [-0.2, 0) is 10.3 Å². The highest BCUT2D eigenvalue weighted by molar-refractivity contribution is 6.07. The number of nitrogens with two attached hydrogens (primary N) is 1. The van der Waals surface area contributed by atoms with E-state index < -0.39 is 5.54 Å². The van der Waals surface area contributed by atoms with Crippen LogP contribution in [0.3, 0.4) is 0 Å². The van der Waals surface area contributed by atoms with Gasteiger partial charge in [-0.3, -0.25) is 24.5 Å². The summed E-state index contributed by atoms with van der Waals surface area (Å²) in [5.74, 6) is -0.0251. The number of likely N-dealkylation sites (N-methyl/N-ethyl adjacent to an activating group) is 1. The predicted molar refractivity (Wildman–Crippen MR) is 129 cm³/mol. The molecule has 1 fully saturated rings. The summed E-state index contributed by atoms with van der Waals surface area (Å²) in [6.07, 6.45) is 6.25. The Kier molecular flexibility index (Phi) is 5.57. The zero-order valence-corrected chi connectivity index (χ0v) is 19.0. The molecule has 1 saturated heterocycles. The lowest BCUT2D eigenvalue weighted by Crippen LogP contribution is -2.49. The van der Waals surface area contributed by atoms with Gasteiger partial charge in [0.05, 0.1) is 11.9 Å². The average Bonchev–Trinajstić information content (AvgIpc) is 3.14. The first-order chi connectivity index (χ1) is 16.5. The van der Waals surface area contributed by atoms with Crippen molar-refractivity contribution in [3.63, 3.8) is 0 Å². The van der Waals surface area contributed by atoms with E-state index in [0.29, 0.717) is 31.5 Å². The molecule has 2 aliphatic heterocycles. The monoisotopic (exact) mass is 454 g/mol. The molecule has 8 heteroatoms. The van der Waals surface area contributed by atoms with E-state index in [4.69, 9.17) is 10.7 Å². The normalized spacial score (nSPS) is 21.0. The molecular weight excluding hydrogens is 428 g/mol. The first-order valence-electron chi connectivity index (χ1n) is 11.4. The Morgan fingerprint density at radius 3 is 2.47 bits per heavy atom. The molecule has 2 aromatic carbocycles. The molecule has 3 aromatic rings. The largest absolute Gasteiger partial charge is 0.369 e. The van der Waals surface area contributed by atoms with Gasteiger partial charge >= 0.3 is 0 Å². The summed E-state index contributed by atoms with van der Waals surface area (Å²) in [4.78, 5) is 43.2. The number of benzene rings is 2. The van der Waals surface area contributed by atoms with Crippen LogP contribution in [0.15, 0.2) is 78.2 Å². The average molecular weight is 455 g/mol. The van der Waals surface area contributed by atoms with Crippen LogP contribution in [0.25, 0.3) is 11.3 Å². The second kappa shape index (κ2) is 8.70. The zero-order chi connectivity index (χ0) is 23.7. The first-order valence-corrected chi connectivity index (χ1v) is 11.4. The summed E-state index contributed by atoms with van der Waals surface area (Å²) in [7, 11) is 1.66. The smallest absolute Gasteiger partial charge is 0.261 e. The van der Waals surface area contributed by atoms with Crippen LogP contribution in [-0.4, -0.2) is 57.7 Å². The number of hydrogen-bond acceptors (Lipinski definition) is 6. The van der Waals surface area contributed by atoms with E-state index in [-0.39, 0.29) is 23.7 Å². The number of amides is 2. The van der Waals surface area contributed by atoms with Gasteiger partial charge < -0.3 is 10.6 Å². The Morgan fingerprint density at radius 2 is 1.82 bits per heavy atom. The van der Waals surface area contributed by atoms with Crippen molar-refractivity contribution >= 4 is 17.8 Å². The molecule has 34 heavy (non-hydrogen) atoms. The lowest BCUT2D eigenvalue weighted by Gasteiger charge is -2.40. The van der Waals surface area contributed by atoms with Crippen molar-refractivity contribution in [2.24, 2.45) is 16.6 Å². The number of carbonyl (C=O) groups excluding carboxylic acids is 2. The standard InChI is InChI=1S/C26H26N6O2/c1-31-24(34)26(30-25(31)27,21-9-5-8-19(16-21)22-17-28-12-13-29-22)20-10-14-32(15-11-20)23(33)18-6-3-2-4-7-18/h2-9,12-13,16-17,20H,10-11,14-15H2,1H3,(H2,27,30). The van der Waals surface area contributed by atoms with Crippen LogP contribution in [0, 0.1) is 5.92 Å². The first kappa shape index (κ1) is 21.8. The molecule has 2 N–H and O–H groups in total. The lowest BCUT2D eigenvalue weighted by atomic mass is 9.73. The summed E-state index contributed by atoms with van der Waals surface area (Å²) in [5.41, 5.74) is 8.06. The fraction of sp³-hybridized carbons (Fsp3) is 0.269. The SMILES string of the molecule is CN1C(=O)C(c2cccc(-c3cnccn3)c2)(C2CCN(C(=O)c3ccccc3)CC2)N=C1N. The highest BCUT2D eigenvalue weighted by atomic mass is 16.2. The van der Waals surface area contributed by atoms with E-state index in [0.717, 1.165) is 16.8 Å². The number of aromatic nitrogens is 2. The summed E-state index contributed by atoms with van der Waals surface area (Å²) >= 11 is 0. The minimum absolute atomic E-state index is 0.00984. The third-order valence-electron chi connectivity index (χ3n) is 6.82. The number of rotatable bonds is 4. The van der Waals surface area contributed by atoms with E-state index in [1.54, 1.807) is 25.6 Å². The van der Waals surface area contributed by atoms with Gasteiger partial charge in [-0.15, -0.1) is 0 Å². The summed E-state index contributed by atoms with van der Waals surface area (Å²) in [6.45, 7) is 1.10. The van der Waals surface area contributed by atoms with Crippen molar-refractivity contribution in [1.82, 2.24) is 19.8 Å². The van der Waals surface area contributed by atoms with Gasteiger partial charge in [-0.2, -0.15) is 0 Å². The Morgan fingerprint density at radius 1 is 1.06 bits per heavy atom. The molecule has 0 bridgehead atoms. The summed E-state index contributed by atoms with van der Waals surface area (Å²) in [5, 5.41) is 0. The maximum atomic E-state index is 13.6. The Hall–Kier alpha value is -4.07. The van der Waals surface area contributed by atoms with Crippen LogP contribution < -0.4 is 5.73 Å². The van der Waals surface area contributed by atoms with E-state index in [1.165, 1.54) is 4.90 Å². The van der Waals surface area contributed by atoms with Crippen molar-refractivity contribution in [3.05, 3.63) is 84.3 Å². The quantitative estimate of drug-likeness (QED) is 0.653. The molecule has 0 spiro atoms. The number of carbonyl (C=O) groups is 2. The molecular formula is C26H26N6O2. The molecule has 0 saturated carbocycles. The van der Waals surface area contributed by atoms with E-state index in [9.17, 15) is 9.59 Å². The van der Waals surface area contributed by atoms with Gasteiger partial charge in [-0.25, -0.2) is 4.99 Å². The summed E-state index contributed by atoms with van der Waals surface area (Å²) in [6, 6.07) is 17.0. The Bertz CT molecular complexity index is 1240. The van der Waals surface area contributed by atoms with Gasteiger partial charge in [0.25, 0.3) is 11.8 Å². The molecule has 0 radical (unpaired) electrons. The van der Waals surface area contributed by atoms with Gasteiger partial charge in [0.2, 0.25) is 0 Å². The molecule has 5 rings (SSSR count). The highest BCUT2D eigenvalue weighted by Gasteiger charge is 2.54. The van der Waals surface area contributed by atoms with Gasteiger partial charge in [0, 0.05) is 49.6 Å². The van der Waals surface area contributed by atoms with Gasteiger partial charge in [0.15, 0.2) is 11.5 Å². The van der Waals surface area contributed by atoms with Crippen molar-refractivity contribution in [3.8, 4) is 11.3 Å². The number of hydrogen-bond donors (Lipinski definition) is 1. The molecule has 1 atom stereocenters. The molecule has 8 nitrogen and oxygen atoms in total. The number of nitrogens with zero attached hydrogens (tertiary/aromatic N) is 5. The number of aliphatic imine (C=N–C) groups is 1. The van der Waals surface area contributed by atoms with E-state index in [1.807, 2.05) is 59.5 Å². The van der Waals surface area contributed by atoms with Gasteiger partial charge in [-0.1, -0.05) is 36.4 Å². The fourth-order valence-corrected chi connectivity index (χ4v) is 4.98. The molecule has 1 aromatic heterocycles. The van der Waals surface area contributed by atoms with Crippen LogP contribution >= 0.6 is 0 Å². The number of piperidine rings is 1. The second-order valence-electron chi connectivity index (χ2n) is 8.70. The van der Waals surface area contributed by atoms with Crippen molar-refractivity contribution < 1.29 is 9.59 Å².